The minimum Gasteiger partial charge on any atom is -0.273 e. The minimum atomic E-state index is 0. The molecule has 0 amide bonds. The summed E-state index contributed by atoms with van der Waals surface area (Å²) in [5.74, 6) is 0. The van der Waals surface area contributed by atoms with Crippen molar-refractivity contribution in [3.63, 3.8) is 0 Å². The molecule has 38 heavy (non-hydrogen) atoms. The number of allylic oxidation sites excluding steroid dienone is 8. The van der Waals surface area contributed by atoms with Crippen molar-refractivity contribution < 1.29 is 16.8 Å². The predicted molar refractivity (Wildman–Crippen MR) is 192 cm³/mol. The maximum Gasteiger partial charge on any atom is 0.0130 e. The normalized spacial score (nSPS) is 13.6. The Labute approximate surface area is 289 Å². The second kappa shape index (κ2) is 14.2. The van der Waals surface area contributed by atoms with Crippen LogP contribution in [0.25, 0.3) is 22.3 Å². The molecule has 0 N–H and O–H groups in total. The Morgan fingerprint density at radius 3 is 0.842 bits per heavy atom. The van der Waals surface area contributed by atoms with Gasteiger partial charge in [0.05, 0.1) is 0 Å². The summed E-state index contributed by atoms with van der Waals surface area (Å²) in [6.07, 6.45) is 10.0. The summed E-state index contributed by atoms with van der Waals surface area (Å²) in [6, 6.07) is 35.6. The van der Waals surface area contributed by atoms with E-state index in [0.717, 1.165) is 6.42 Å². The summed E-state index contributed by atoms with van der Waals surface area (Å²) < 4.78 is 5.00. The number of hydrogen-bond acceptors (Lipinski definition) is 0. The first-order chi connectivity index (χ1) is 18.0. The Kier molecular flexibility index (Phi) is 11.3. The van der Waals surface area contributed by atoms with Crippen LogP contribution in [0.3, 0.4) is 0 Å². The zero-order valence-electron chi connectivity index (χ0n) is 20.0. The Bertz CT molecular complexity index is 1290. The van der Waals surface area contributed by atoms with Gasteiger partial charge in [-0.3, -0.25) is 6.08 Å². The molecule has 0 aromatic heterocycles. The van der Waals surface area contributed by atoms with Gasteiger partial charge in [-0.25, -0.2) is 12.2 Å². The molecule has 0 saturated carbocycles. The van der Waals surface area contributed by atoms with E-state index in [2.05, 4.69) is 200 Å². The SMILES string of the molecule is Ic1ccc(C2=C(c3ccc(I)cc3)C(c3ccc(I)cc3)=C2c2ccc(I)cc2)cc1.[C-]1=CC=CC1.[Co]. The maximum atomic E-state index is 2.99. The van der Waals surface area contributed by atoms with E-state index in [0.29, 0.717) is 0 Å². The van der Waals surface area contributed by atoms with Crippen molar-refractivity contribution in [2.45, 2.75) is 6.42 Å². The predicted octanol–water partition coefficient (Wildman–Crippen LogP) is 10.9. The van der Waals surface area contributed by atoms with Gasteiger partial charge in [-0.15, -0.1) is 6.42 Å². The summed E-state index contributed by atoms with van der Waals surface area (Å²) in [5.41, 5.74) is 10.4. The molecule has 2 aliphatic rings. The quantitative estimate of drug-likeness (QED) is 0.141. The molecule has 0 saturated heterocycles. The van der Waals surface area contributed by atoms with Gasteiger partial charge < -0.3 is 0 Å². The molecule has 0 heterocycles. The summed E-state index contributed by atoms with van der Waals surface area (Å²) in [7, 11) is 0. The zero-order valence-corrected chi connectivity index (χ0v) is 29.7. The standard InChI is InChI=1S/C28H16I4.C5H5.Co/c29-21-9-1-17(2-10-21)25-26(18-3-11-22(30)12-4-18)28(20-7-15-24(32)16-8-20)27(25)19-5-13-23(31)14-6-19;1-2-4-5-3-1;/h1-16H;1-3H,4H2;/q;-1;. The van der Waals surface area contributed by atoms with Crippen LogP contribution in [0.2, 0.25) is 0 Å². The summed E-state index contributed by atoms with van der Waals surface area (Å²) in [6.45, 7) is 0. The van der Waals surface area contributed by atoms with Crippen LogP contribution in [0.4, 0.5) is 0 Å². The number of benzene rings is 4. The van der Waals surface area contributed by atoms with Crippen LogP contribution in [0, 0.1) is 20.4 Å². The Morgan fingerprint density at radius 1 is 0.421 bits per heavy atom. The fraction of sp³-hybridized carbons (Fsp3) is 0.0303. The average Bonchev–Trinajstić information content (AvgIpc) is 3.49. The van der Waals surface area contributed by atoms with Gasteiger partial charge in [0.15, 0.2) is 0 Å². The maximum absolute atomic E-state index is 2.99. The molecule has 2 aliphatic carbocycles. The van der Waals surface area contributed by atoms with Crippen LogP contribution < -0.4 is 0 Å². The van der Waals surface area contributed by atoms with Crippen LogP contribution in [-0.4, -0.2) is 0 Å². The second-order valence-corrected chi connectivity index (χ2v) is 13.5. The van der Waals surface area contributed by atoms with Crippen molar-refractivity contribution in [2.75, 3.05) is 0 Å². The molecule has 0 fully saturated rings. The molecule has 0 spiro atoms. The smallest absolute Gasteiger partial charge is 0.0130 e. The van der Waals surface area contributed by atoms with Crippen molar-refractivity contribution in [2.24, 2.45) is 0 Å². The third-order valence-corrected chi connectivity index (χ3v) is 8.99. The molecule has 4 aromatic rings. The molecule has 1 radical (unpaired) electrons. The molecule has 0 unspecified atom stereocenters. The van der Waals surface area contributed by atoms with Crippen molar-refractivity contribution in [3.8, 4) is 0 Å². The number of hydrogen-bond donors (Lipinski definition) is 0. The van der Waals surface area contributed by atoms with Crippen molar-refractivity contribution in [1.29, 1.82) is 0 Å². The Balaban J connectivity index is 0.000000504. The fourth-order valence-electron chi connectivity index (χ4n) is 4.40. The minimum absolute atomic E-state index is 0. The largest absolute Gasteiger partial charge is 0.273 e. The Hall–Kier alpha value is -0.734. The zero-order chi connectivity index (χ0) is 25.8. The van der Waals surface area contributed by atoms with Crippen molar-refractivity contribution in [3.05, 3.63) is 158 Å². The average molecular weight is 984 g/mol. The van der Waals surface area contributed by atoms with Gasteiger partial charge in [0, 0.05) is 31.1 Å². The second-order valence-electron chi connectivity index (χ2n) is 8.53. The third kappa shape index (κ3) is 7.12. The van der Waals surface area contributed by atoms with Crippen LogP contribution in [0.1, 0.15) is 28.7 Å². The van der Waals surface area contributed by atoms with Gasteiger partial charge in [-0.05, 0) is 183 Å². The van der Waals surface area contributed by atoms with Gasteiger partial charge in [0.25, 0.3) is 0 Å². The molecule has 6 rings (SSSR count). The van der Waals surface area contributed by atoms with E-state index in [-0.39, 0.29) is 16.8 Å². The van der Waals surface area contributed by atoms with E-state index >= 15 is 0 Å². The van der Waals surface area contributed by atoms with Crippen LogP contribution in [0.5, 0.6) is 0 Å². The number of rotatable bonds is 4. The van der Waals surface area contributed by atoms with Crippen LogP contribution in [-0.2, 0) is 16.8 Å². The monoisotopic (exact) mass is 984 g/mol. The van der Waals surface area contributed by atoms with Gasteiger partial charge in [0.1, 0.15) is 0 Å². The van der Waals surface area contributed by atoms with Crippen LogP contribution >= 0.6 is 90.4 Å². The molecule has 0 bridgehead atoms. The fourth-order valence-corrected chi connectivity index (χ4v) is 5.84. The summed E-state index contributed by atoms with van der Waals surface area (Å²) >= 11 is 9.51. The summed E-state index contributed by atoms with van der Waals surface area (Å²) in [4.78, 5) is 0. The van der Waals surface area contributed by atoms with E-state index < -0.39 is 0 Å². The van der Waals surface area contributed by atoms with E-state index in [1.807, 2.05) is 12.2 Å². The van der Waals surface area contributed by atoms with Gasteiger partial charge in [-0.1, -0.05) is 48.5 Å². The molecule has 191 valence electrons. The molecule has 4 aromatic carbocycles. The molecule has 0 nitrogen and oxygen atoms in total. The van der Waals surface area contributed by atoms with E-state index in [4.69, 9.17) is 0 Å². The summed E-state index contributed by atoms with van der Waals surface area (Å²) in [5, 5.41) is 0. The first-order valence-corrected chi connectivity index (χ1v) is 16.1. The van der Waals surface area contributed by atoms with Gasteiger partial charge >= 0.3 is 0 Å². The molecule has 5 heteroatoms. The number of halogens is 4. The van der Waals surface area contributed by atoms with Gasteiger partial charge in [-0.2, -0.15) is 6.08 Å². The topological polar surface area (TPSA) is 0 Å². The first kappa shape index (κ1) is 30.2. The molecular weight excluding hydrogens is 963 g/mol. The third-order valence-electron chi connectivity index (χ3n) is 6.12. The first-order valence-electron chi connectivity index (χ1n) is 11.8. The van der Waals surface area contributed by atoms with Crippen molar-refractivity contribution >= 4 is 113 Å². The van der Waals surface area contributed by atoms with Gasteiger partial charge in [0.2, 0.25) is 0 Å². The molecular formula is C33H21CoI4-. The van der Waals surface area contributed by atoms with E-state index in [1.165, 1.54) is 58.8 Å². The van der Waals surface area contributed by atoms with Crippen LogP contribution in [0.15, 0.2) is 115 Å². The Morgan fingerprint density at radius 2 is 0.684 bits per heavy atom. The molecule has 0 atom stereocenters. The molecule has 0 aliphatic heterocycles. The van der Waals surface area contributed by atoms with E-state index in [1.54, 1.807) is 0 Å². The van der Waals surface area contributed by atoms with Crippen molar-refractivity contribution in [1.82, 2.24) is 0 Å². The van der Waals surface area contributed by atoms with E-state index in [9.17, 15) is 0 Å².